The van der Waals surface area contributed by atoms with E-state index < -0.39 is 0 Å². The van der Waals surface area contributed by atoms with Crippen molar-refractivity contribution in [3.8, 4) is 0 Å². The second-order valence-electron chi connectivity index (χ2n) is 4.92. The van der Waals surface area contributed by atoms with Gasteiger partial charge in [-0.25, -0.2) is 9.97 Å². The van der Waals surface area contributed by atoms with Crippen LogP contribution in [0.3, 0.4) is 0 Å². The molecule has 1 fully saturated rings. The molecule has 0 bridgehead atoms. The van der Waals surface area contributed by atoms with Crippen LogP contribution in [0.15, 0.2) is 11.2 Å². The molecule has 0 spiro atoms. The molecule has 1 aliphatic heterocycles. The Morgan fingerprint density at radius 1 is 1.47 bits per heavy atom. The molecular formula is C13H20N4OS. The van der Waals surface area contributed by atoms with Gasteiger partial charge in [-0.1, -0.05) is 11.8 Å². The third-order valence-electron chi connectivity index (χ3n) is 3.01. The van der Waals surface area contributed by atoms with E-state index in [0.29, 0.717) is 17.0 Å². The lowest BCUT2D eigenvalue weighted by molar-refractivity contribution is -0.129. The highest BCUT2D eigenvalue weighted by atomic mass is 32.2. The number of carbonyl (C=O) groups excluding carboxylic acids is 1. The van der Waals surface area contributed by atoms with Crippen molar-refractivity contribution in [3.63, 3.8) is 0 Å². The number of nitrogens with one attached hydrogen (secondary N) is 1. The maximum Gasteiger partial charge on any atom is 0.233 e. The molecule has 104 valence electrons. The van der Waals surface area contributed by atoms with E-state index in [1.54, 1.807) is 0 Å². The normalized spacial score (nSPS) is 19.5. The van der Waals surface area contributed by atoms with Gasteiger partial charge in [0, 0.05) is 37.1 Å². The molecule has 1 amide bonds. The molecule has 19 heavy (non-hydrogen) atoms. The molecule has 0 aromatic carbocycles. The number of thioether (sulfide) groups is 1. The van der Waals surface area contributed by atoms with Gasteiger partial charge in [0.05, 0.1) is 5.75 Å². The third kappa shape index (κ3) is 4.18. The average Bonchev–Trinajstić information content (AvgIpc) is 2.35. The molecule has 0 aliphatic carbocycles. The molecule has 2 rings (SSSR count). The fourth-order valence-corrected chi connectivity index (χ4v) is 2.99. The van der Waals surface area contributed by atoms with Crippen molar-refractivity contribution >= 4 is 17.7 Å². The first-order valence-corrected chi connectivity index (χ1v) is 7.49. The Balaban J connectivity index is 1.89. The highest BCUT2D eigenvalue weighted by molar-refractivity contribution is 7.99. The number of aryl methyl sites for hydroxylation is 2. The van der Waals surface area contributed by atoms with E-state index in [2.05, 4.69) is 22.2 Å². The second kappa shape index (κ2) is 6.34. The van der Waals surface area contributed by atoms with Crippen molar-refractivity contribution < 1.29 is 4.79 Å². The van der Waals surface area contributed by atoms with E-state index in [1.165, 1.54) is 11.8 Å². The van der Waals surface area contributed by atoms with E-state index in [4.69, 9.17) is 0 Å². The Hall–Kier alpha value is -1.14. The van der Waals surface area contributed by atoms with E-state index >= 15 is 0 Å². The number of nitrogens with zero attached hydrogens (tertiary/aromatic N) is 3. The molecular weight excluding hydrogens is 260 g/mol. The first-order valence-electron chi connectivity index (χ1n) is 6.51. The smallest absolute Gasteiger partial charge is 0.233 e. The summed E-state index contributed by atoms with van der Waals surface area (Å²) >= 11 is 1.42. The quantitative estimate of drug-likeness (QED) is 0.661. The molecule has 1 saturated heterocycles. The van der Waals surface area contributed by atoms with Crippen LogP contribution in [0.1, 0.15) is 18.3 Å². The zero-order chi connectivity index (χ0) is 13.8. The number of carbonyl (C=O) groups is 1. The SMILES string of the molecule is Cc1cc(C)nc(SCC(=O)N2CCNC(C)C2)n1. The molecule has 1 N–H and O–H groups in total. The van der Waals surface area contributed by atoms with Crippen LogP contribution in [0, 0.1) is 13.8 Å². The molecule has 1 aromatic rings. The lowest BCUT2D eigenvalue weighted by atomic mass is 10.2. The van der Waals surface area contributed by atoms with Crippen LogP contribution in [-0.4, -0.2) is 52.2 Å². The van der Waals surface area contributed by atoms with E-state index in [1.807, 2.05) is 24.8 Å². The zero-order valence-electron chi connectivity index (χ0n) is 11.6. The summed E-state index contributed by atoms with van der Waals surface area (Å²) in [5.41, 5.74) is 1.89. The molecule has 1 aliphatic rings. The van der Waals surface area contributed by atoms with Gasteiger partial charge in [0.25, 0.3) is 0 Å². The predicted octanol–water partition coefficient (Wildman–Crippen LogP) is 1.01. The fourth-order valence-electron chi connectivity index (χ4n) is 2.13. The van der Waals surface area contributed by atoms with Crippen molar-refractivity contribution in [2.24, 2.45) is 0 Å². The summed E-state index contributed by atoms with van der Waals surface area (Å²) in [4.78, 5) is 22.7. The van der Waals surface area contributed by atoms with E-state index in [0.717, 1.165) is 31.0 Å². The van der Waals surface area contributed by atoms with Gasteiger partial charge in [0.15, 0.2) is 5.16 Å². The predicted molar refractivity (Wildman–Crippen MR) is 76.3 cm³/mol. The lowest BCUT2D eigenvalue weighted by Gasteiger charge is -2.31. The highest BCUT2D eigenvalue weighted by Crippen LogP contribution is 2.15. The van der Waals surface area contributed by atoms with Crippen LogP contribution in [-0.2, 0) is 4.79 Å². The van der Waals surface area contributed by atoms with Crippen LogP contribution >= 0.6 is 11.8 Å². The van der Waals surface area contributed by atoms with Gasteiger partial charge in [-0.3, -0.25) is 4.79 Å². The molecule has 0 saturated carbocycles. The molecule has 0 radical (unpaired) electrons. The van der Waals surface area contributed by atoms with Crippen LogP contribution in [0.2, 0.25) is 0 Å². The summed E-state index contributed by atoms with van der Waals surface area (Å²) in [6.45, 7) is 8.43. The zero-order valence-corrected chi connectivity index (χ0v) is 12.5. The Morgan fingerprint density at radius 2 is 2.16 bits per heavy atom. The number of rotatable bonds is 3. The van der Waals surface area contributed by atoms with Crippen molar-refractivity contribution in [2.45, 2.75) is 32.0 Å². The second-order valence-corrected chi connectivity index (χ2v) is 5.86. The topological polar surface area (TPSA) is 58.1 Å². The number of hydrogen-bond donors (Lipinski definition) is 1. The molecule has 1 atom stereocenters. The Labute approximate surface area is 118 Å². The van der Waals surface area contributed by atoms with E-state index in [-0.39, 0.29) is 5.91 Å². The Kier molecular flexibility index (Phi) is 4.76. The van der Waals surface area contributed by atoms with Gasteiger partial charge >= 0.3 is 0 Å². The van der Waals surface area contributed by atoms with Crippen LogP contribution < -0.4 is 5.32 Å². The maximum absolute atomic E-state index is 12.1. The van der Waals surface area contributed by atoms with Gasteiger partial charge in [-0.2, -0.15) is 0 Å². The summed E-state index contributed by atoms with van der Waals surface area (Å²) in [5.74, 6) is 0.580. The number of aromatic nitrogens is 2. The number of amides is 1. The van der Waals surface area contributed by atoms with Gasteiger partial charge in [-0.15, -0.1) is 0 Å². The molecule has 5 nitrogen and oxygen atoms in total. The summed E-state index contributed by atoms with van der Waals surface area (Å²) < 4.78 is 0. The summed E-state index contributed by atoms with van der Waals surface area (Å²) in [6.07, 6.45) is 0. The number of piperazine rings is 1. The molecule has 6 heteroatoms. The van der Waals surface area contributed by atoms with Crippen molar-refractivity contribution in [1.82, 2.24) is 20.2 Å². The van der Waals surface area contributed by atoms with Crippen molar-refractivity contribution in [2.75, 3.05) is 25.4 Å². The van der Waals surface area contributed by atoms with Gasteiger partial charge in [0.2, 0.25) is 5.91 Å². The maximum atomic E-state index is 12.1. The largest absolute Gasteiger partial charge is 0.339 e. The summed E-state index contributed by atoms with van der Waals surface area (Å²) in [7, 11) is 0. The van der Waals surface area contributed by atoms with Crippen molar-refractivity contribution in [1.29, 1.82) is 0 Å². The summed E-state index contributed by atoms with van der Waals surface area (Å²) in [5, 5.41) is 4.02. The van der Waals surface area contributed by atoms with Crippen molar-refractivity contribution in [3.05, 3.63) is 17.5 Å². The van der Waals surface area contributed by atoms with Gasteiger partial charge < -0.3 is 10.2 Å². The van der Waals surface area contributed by atoms with E-state index in [9.17, 15) is 4.79 Å². The molecule has 1 unspecified atom stereocenters. The minimum absolute atomic E-state index is 0.168. The monoisotopic (exact) mass is 280 g/mol. The first-order chi connectivity index (χ1) is 9.04. The van der Waals surface area contributed by atoms with Crippen LogP contribution in [0.4, 0.5) is 0 Å². The Bertz CT molecular complexity index is 446. The van der Waals surface area contributed by atoms with Gasteiger partial charge in [-0.05, 0) is 26.8 Å². The highest BCUT2D eigenvalue weighted by Gasteiger charge is 2.20. The fraction of sp³-hybridized carbons (Fsp3) is 0.615. The summed E-state index contributed by atoms with van der Waals surface area (Å²) in [6, 6.07) is 2.31. The molecule has 2 heterocycles. The molecule has 1 aromatic heterocycles. The van der Waals surface area contributed by atoms with Crippen LogP contribution in [0.25, 0.3) is 0 Å². The van der Waals surface area contributed by atoms with Gasteiger partial charge in [0.1, 0.15) is 0 Å². The lowest BCUT2D eigenvalue weighted by Crippen LogP contribution is -2.51. The Morgan fingerprint density at radius 3 is 2.79 bits per heavy atom. The van der Waals surface area contributed by atoms with Crippen LogP contribution in [0.5, 0.6) is 0 Å². The first kappa shape index (κ1) is 14.3. The standard InChI is InChI=1S/C13H20N4OS/c1-9-6-10(2)16-13(15-9)19-8-12(18)17-5-4-14-11(3)7-17/h6,11,14H,4-5,7-8H2,1-3H3. The minimum atomic E-state index is 0.168. The number of hydrogen-bond acceptors (Lipinski definition) is 5. The minimum Gasteiger partial charge on any atom is -0.339 e. The third-order valence-corrected chi connectivity index (χ3v) is 3.84. The average molecular weight is 280 g/mol.